The van der Waals surface area contributed by atoms with E-state index >= 15 is 0 Å². The molecule has 0 atom stereocenters. The lowest BCUT2D eigenvalue weighted by molar-refractivity contribution is -0.131. The Balaban J connectivity index is 0.00000341. The average molecular weight is 543 g/mol. The smallest absolute Gasteiger partial charge is 0.224 e. The Hall–Kier alpha value is -2.43. The zero-order valence-corrected chi connectivity index (χ0v) is 19.8. The molecular weight excluding hydrogens is 515 g/mol. The zero-order valence-electron chi connectivity index (χ0n) is 17.5. The van der Waals surface area contributed by atoms with E-state index in [2.05, 4.69) is 20.5 Å². The number of hydrogen-bond acceptors (Lipinski definition) is 3. The van der Waals surface area contributed by atoms with E-state index in [1.54, 1.807) is 31.3 Å². The van der Waals surface area contributed by atoms with E-state index in [0.29, 0.717) is 38.6 Å². The number of amides is 1. The van der Waals surface area contributed by atoms with E-state index in [9.17, 15) is 13.6 Å². The first-order valence-corrected chi connectivity index (χ1v) is 10.0. The first kappa shape index (κ1) is 24.8. The molecule has 0 aliphatic carbocycles. The van der Waals surface area contributed by atoms with Crippen LogP contribution in [-0.2, 0) is 11.3 Å². The first-order chi connectivity index (χ1) is 14.5. The molecule has 6 nitrogen and oxygen atoms in total. The Morgan fingerprint density at radius 2 is 1.52 bits per heavy atom. The topological polar surface area (TPSA) is 60.0 Å². The Morgan fingerprint density at radius 1 is 0.935 bits per heavy atom. The van der Waals surface area contributed by atoms with E-state index < -0.39 is 0 Å². The lowest BCUT2D eigenvalue weighted by Crippen LogP contribution is -2.49. The van der Waals surface area contributed by atoms with E-state index in [1.165, 1.54) is 24.3 Å². The second-order valence-corrected chi connectivity index (χ2v) is 7.07. The number of guanidine groups is 1. The van der Waals surface area contributed by atoms with Gasteiger partial charge in [0.2, 0.25) is 5.91 Å². The van der Waals surface area contributed by atoms with E-state index in [1.807, 2.05) is 4.90 Å². The predicted octanol–water partition coefficient (Wildman–Crippen LogP) is 2.99. The van der Waals surface area contributed by atoms with Gasteiger partial charge in [0.15, 0.2) is 5.96 Å². The number of benzene rings is 2. The van der Waals surface area contributed by atoms with Crippen LogP contribution in [0.25, 0.3) is 0 Å². The maximum absolute atomic E-state index is 13.1. The molecule has 0 unspecified atom stereocenters. The van der Waals surface area contributed by atoms with Crippen LogP contribution in [0, 0.1) is 11.6 Å². The molecule has 2 N–H and O–H groups in total. The number of carbonyl (C=O) groups excluding carboxylic acids is 1. The van der Waals surface area contributed by atoms with Crippen molar-refractivity contribution in [2.75, 3.05) is 44.7 Å². The number of rotatable bonds is 6. The van der Waals surface area contributed by atoms with Crippen molar-refractivity contribution in [3.8, 4) is 0 Å². The molecule has 1 heterocycles. The van der Waals surface area contributed by atoms with Gasteiger partial charge in [-0.05, 0) is 42.0 Å². The minimum atomic E-state index is -0.265. The van der Waals surface area contributed by atoms with Gasteiger partial charge >= 0.3 is 0 Å². The summed E-state index contributed by atoms with van der Waals surface area (Å²) in [5, 5.41) is 6.28. The third kappa shape index (κ3) is 7.64. The number of hydrogen-bond donors (Lipinski definition) is 2. The number of carbonyl (C=O) groups is 1. The van der Waals surface area contributed by atoms with Crippen molar-refractivity contribution in [2.45, 2.75) is 13.0 Å². The maximum atomic E-state index is 13.1. The second kappa shape index (κ2) is 12.4. The van der Waals surface area contributed by atoms with Crippen molar-refractivity contribution < 1.29 is 13.6 Å². The highest BCUT2D eigenvalue weighted by Gasteiger charge is 2.21. The van der Waals surface area contributed by atoms with Gasteiger partial charge in [-0.1, -0.05) is 12.1 Å². The molecule has 1 aliphatic rings. The van der Waals surface area contributed by atoms with Gasteiger partial charge < -0.3 is 20.4 Å². The predicted molar refractivity (Wildman–Crippen MR) is 130 cm³/mol. The monoisotopic (exact) mass is 543 g/mol. The van der Waals surface area contributed by atoms with Gasteiger partial charge in [-0.15, -0.1) is 24.0 Å². The summed E-state index contributed by atoms with van der Waals surface area (Å²) in [7, 11) is 1.66. The van der Waals surface area contributed by atoms with Gasteiger partial charge in [-0.3, -0.25) is 9.79 Å². The molecule has 0 aromatic heterocycles. The number of piperazine rings is 1. The van der Waals surface area contributed by atoms with Crippen LogP contribution in [0.5, 0.6) is 0 Å². The maximum Gasteiger partial charge on any atom is 0.224 e. The third-order valence-electron chi connectivity index (χ3n) is 5.05. The van der Waals surface area contributed by atoms with Crippen molar-refractivity contribution >= 4 is 41.5 Å². The van der Waals surface area contributed by atoms with Gasteiger partial charge in [0.25, 0.3) is 0 Å². The normalized spacial score (nSPS) is 14.1. The van der Waals surface area contributed by atoms with Crippen LogP contribution in [0.4, 0.5) is 14.5 Å². The lowest BCUT2D eigenvalue weighted by Gasteiger charge is -2.36. The second-order valence-electron chi connectivity index (χ2n) is 7.07. The van der Waals surface area contributed by atoms with Crippen LogP contribution in [0.3, 0.4) is 0 Å². The zero-order chi connectivity index (χ0) is 21.3. The molecule has 168 valence electrons. The minimum absolute atomic E-state index is 0. The third-order valence-corrected chi connectivity index (χ3v) is 5.05. The fourth-order valence-electron chi connectivity index (χ4n) is 3.32. The highest BCUT2D eigenvalue weighted by atomic mass is 127. The standard InChI is InChI=1S/C22H27F2N5O.HI/c1-25-22(27-16-17-2-4-18(23)5-3-17)26-11-10-21(30)29-14-12-28(13-15-29)20-8-6-19(24)7-9-20;/h2-9H,10-16H2,1H3,(H2,25,26,27);1H. The Bertz CT molecular complexity index is 853. The molecule has 9 heteroatoms. The minimum Gasteiger partial charge on any atom is -0.368 e. The van der Waals surface area contributed by atoms with Crippen LogP contribution in [0.1, 0.15) is 12.0 Å². The summed E-state index contributed by atoms with van der Waals surface area (Å²) in [6.07, 6.45) is 0.369. The van der Waals surface area contributed by atoms with E-state index in [4.69, 9.17) is 0 Å². The van der Waals surface area contributed by atoms with E-state index in [-0.39, 0.29) is 41.5 Å². The van der Waals surface area contributed by atoms with E-state index in [0.717, 1.165) is 24.3 Å². The summed E-state index contributed by atoms with van der Waals surface area (Å²) < 4.78 is 26.0. The van der Waals surface area contributed by atoms with Gasteiger partial charge in [-0.25, -0.2) is 8.78 Å². The number of anilines is 1. The summed E-state index contributed by atoms with van der Waals surface area (Å²) in [5.41, 5.74) is 1.91. The SMILES string of the molecule is CN=C(NCCC(=O)N1CCN(c2ccc(F)cc2)CC1)NCc1ccc(F)cc1.I. The van der Waals surface area contributed by atoms with Crippen molar-refractivity contribution in [1.29, 1.82) is 0 Å². The van der Waals surface area contributed by atoms with Crippen LogP contribution in [-0.4, -0.2) is 56.5 Å². The molecule has 0 spiro atoms. The highest BCUT2D eigenvalue weighted by molar-refractivity contribution is 14.0. The summed E-state index contributed by atoms with van der Waals surface area (Å²) in [4.78, 5) is 20.6. The molecule has 0 saturated carbocycles. The quantitative estimate of drug-likeness (QED) is 0.334. The molecule has 1 saturated heterocycles. The molecule has 2 aromatic rings. The molecule has 1 fully saturated rings. The van der Waals surface area contributed by atoms with Gasteiger partial charge in [-0.2, -0.15) is 0 Å². The molecule has 31 heavy (non-hydrogen) atoms. The molecule has 1 amide bonds. The Morgan fingerprint density at radius 3 is 2.10 bits per heavy atom. The van der Waals surface area contributed by atoms with Crippen LogP contribution in [0.2, 0.25) is 0 Å². The first-order valence-electron chi connectivity index (χ1n) is 10.0. The molecule has 2 aromatic carbocycles. The van der Waals surface area contributed by atoms with Gasteiger partial charge in [0, 0.05) is 58.4 Å². The summed E-state index contributed by atoms with van der Waals surface area (Å²) in [5.74, 6) is 0.170. The Kier molecular flexibility index (Phi) is 9.96. The number of nitrogens with zero attached hydrogens (tertiary/aromatic N) is 3. The summed E-state index contributed by atoms with van der Waals surface area (Å²) in [6.45, 7) is 3.73. The largest absolute Gasteiger partial charge is 0.368 e. The molecule has 1 aliphatic heterocycles. The molecule has 3 rings (SSSR count). The highest BCUT2D eigenvalue weighted by Crippen LogP contribution is 2.17. The lowest BCUT2D eigenvalue weighted by atomic mass is 10.2. The van der Waals surface area contributed by atoms with Gasteiger partial charge in [0.1, 0.15) is 11.6 Å². The fraction of sp³-hybridized carbons (Fsp3) is 0.364. The van der Waals surface area contributed by atoms with Crippen LogP contribution < -0.4 is 15.5 Å². The summed E-state index contributed by atoms with van der Waals surface area (Å²) in [6, 6.07) is 12.7. The van der Waals surface area contributed by atoms with Crippen molar-refractivity contribution in [3.05, 3.63) is 65.7 Å². The number of nitrogens with one attached hydrogen (secondary N) is 2. The van der Waals surface area contributed by atoms with Crippen LogP contribution >= 0.6 is 24.0 Å². The number of halogens is 3. The van der Waals surface area contributed by atoms with Gasteiger partial charge in [0.05, 0.1) is 0 Å². The average Bonchev–Trinajstić information content (AvgIpc) is 2.77. The molecule has 0 radical (unpaired) electrons. The van der Waals surface area contributed by atoms with Crippen LogP contribution in [0.15, 0.2) is 53.5 Å². The number of aliphatic imine (C=N–C) groups is 1. The Labute approximate surface area is 198 Å². The van der Waals surface area contributed by atoms with Crippen molar-refractivity contribution in [3.63, 3.8) is 0 Å². The fourth-order valence-corrected chi connectivity index (χ4v) is 3.32. The van der Waals surface area contributed by atoms with Crippen molar-refractivity contribution in [2.24, 2.45) is 4.99 Å². The molecule has 0 bridgehead atoms. The summed E-state index contributed by atoms with van der Waals surface area (Å²) >= 11 is 0. The van der Waals surface area contributed by atoms with Crippen molar-refractivity contribution in [1.82, 2.24) is 15.5 Å². The molecular formula is C22H28F2IN5O.